The summed E-state index contributed by atoms with van der Waals surface area (Å²) in [6.07, 6.45) is 8.90. The third-order valence-corrected chi connectivity index (χ3v) is 3.47. The van der Waals surface area contributed by atoms with Gasteiger partial charge in [0.15, 0.2) is 0 Å². The lowest BCUT2D eigenvalue weighted by atomic mass is 9.93. The average Bonchev–Trinajstić information content (AvgIpc) is 2.96. The summed E-state index contributed by atoms with van der Waals surface area (Å²) in [4.78, 5) is 14.4. The molecule has 0 fully saturated rings. The number of hydrogen-bond acceptors (Lipinski definition) is 3. The maximum atomic E-state index is 10.7. The first-order valence-corrected chi connectivity index (χ1v) is 6.90. The second-order valence-corrected chi connectivity index (χ2v) is 4.95. The lowest BCUT2D eigenvalue weighted by molar-refractivity contribution is -0.384. The average molecular weight is 273 g/mol. The molecule has 2 rings (SSSR count). The fourth-order valence-electron chi connectivity index (χ4n) is 2.33. The highest BCUT2D eigenvalue weighted by Gasteiger charge is 2.13. The van der Waals surface area contributed by atoms with Crippen LogP contribution >= 0.6 is 0 Å². The highest BCUT2D eigenvalue weighted by Crippen LogP contribution is 2.26. The molecule has 20 heavy (non-hydrogen) atoms. The van der Waals surface area contributed by atoms with Gasteiger partial charge in [-0.2, -0.15) is 0 Å². The Labute approximate surface area is 118 Å². The number of imidazole rings is 1. The molecule has 0 aliphatic rings. The molecule has 106 valence electrons. The number of unbranched alkanes of at least 4 members (excludes halogenated alkanes) is 1. The SMILES string of the molecule is CCCCC(Cn1ccnc1)c1ccc([N+](=O)[O-])cc1. The van der Waals surface area contributed by atoms with Gasteiger partial charge in [-0.1, -0.05) is 31.9 Å². The van der Waals surface area contributed by atoms with E-state index in [-0.39, 0.29) is 10.6 Å². The zero-order chi connectivity index (χ0) is 14.4. The molecule has 0 radical (unpaired) electrons. The van der Waals surface area contributed by atoms with Gasteiger partial charge in [0, 0.05) is 37.0 Å². The molecule has 0 N–H and O–H groups in total. The minimum absolute atomic E-state index is 0.144. The standard InChI is InChI=1S/C15H19N3O2/c1-2-3-4-14(11-17-10-9-16-12-17)13-5-7-15(8-6-13)18(19)20/h5-10,12,14H,2-4,11H2,1H3. The molecular formula is C15H19N3O2. The monoisotopic (exact) mass is 273 g/mol. The van der Waals surface area contributed by atoms with Crippen molar-refractivity contribution in [2.45, 2.75) is 38.6 Å². The Morgan fingerprint density at radius 2 is 2.10 bits per heavy atom. The summed E-state index contributed by atoms with van der Waals surface area (Å²) in [6, 6.07) is 6.91. The van der Waals surface area contributed by atoms with Crippen LogP contribution in [0.1, 0.15) is 37.7 Å². The van der Waals surface area contributed by atoms with Crippen molar-refractivity contribution >= 4 is 5.69 Å². The van der Waals surface area contributed by atoms with Crippen molar-refractivity contribution in [3.63, 3.8) is 0 Å². The number of nitro benzene ring substituents is 1. The highest BCUT2D eigenvalue weighted by atomic mass is 16.6. The third-order valence-electron chi connectivity index (χ3n) is 3.47. The minimum atomic E-state index is -0.360. The molecule has 0 saturated heterocycles. The third kappa shape index (κ3) is 3.66. The van der Waals surface area contributed by atoms with Crippen molar-refractivity contribution in [2.24, 2.45) is 0 Å². The summed E-state index contributed by atoms with van der Waals surface area (Å²) in [5, 5.41) is 10.7. The second kappa shape index (κ2) is 6.84. The van der Waals surface area contributed by atoms with Gasteiger partial charge >= 0.3 is 0 Å². The first kappa shape index (κ1) is 14.2. The van der Waals surface area contributed by atoms with Crippen LogP contribution in [-0.2, 0) is 6.54 Å². The molecule has 5 nitrogen and oxygen atoms in total. The van der Waals surface area contributed by atoms with Crippen LogP contribution in [0.5, 0.6) is 0 Å². The van der Waals surface area contributed by atoms with Gasteiger partial charge in [-0.15, -0.1) is 0 Å². The van der Waals surface area contributed by atoms with Crippen molar-refractivity contribution in [3.8, 4) is 0 Å². The van der Waals surface area contributed by atoms with Gasteiger partial charge in [0.2, 0.25) is 0 Å². The molecule has 5 heteroatoms. The Kier molecular flexibility index (Phi) is 4.87. The van der Waals surface area contributed by atoms with E-state index < -0.39 is 0 Å². The van der Waals surface area contributed by atoms with Gasteiger partial charge in [-0.3, -0.25) is 10.1 Å². The molecular weight excluding hydrogens is 254 g/mol. The number of rotatable bonds is 7. The van der Waals surface area contributed by atoms with Crippen LogP contribution in [0.3, 0.4) is 0 Å². The van der Waals surface area contributed by atoms with E-state index in [1.165, 1.54) is 0 Å². The van der Waals surface area contributed by atoms with E-state index in [0.717, 1.165) is 31.4 Å². The first-order valence-electron chi connectivity index (χ1n) is 6.90. The maximum absolute atomic E-state index is 10.7. The van der Waals surface area contributed by atoms with Crippen molar-refractivity contribution < 1.29 is 4.92 Å². The fraction of sp³-hybridized carbons (Fsp3) is 0.400. The smallest absolute Gasteiger partial charge is 0.269 e. The Morgan fingerprint density at radius 3 is 2.65 bits per heavy atom. The Bertz CT molecular complexity index is 535. The summed E-state index contributed by atoms with van der Waals surface area (Å²) in [6.45, 7) is 3.03. The number of aromatic nitrogens is 2. The molecule has 1 atom stereocenters. The van der Waals surface area contributed by atoms with E-state index in [2.05, 4.69) is 16.5 Å². The largest absolute Gasteiger partial charge is 0.337 e. The number of hydrogen-bond donors (Lipinski definition) is 0. The topological polar surface area (TPSA) is 61.0 Å². The molecule has 0 saturated carbocycles. The zero-order valence-corrected chi connectivity index (χ0v) is 11.6. The van der Waals surface area contributed by atoms with Gasteiger partial charge < -0.3 is 4.57 Å². The number of benzene rings is 1. The first-order chi connectivity index (χ1) is 9.70. The highest BCUT2D eigenvalue weighted by molar-refractivity contribution is 5.34. The predicted octanol–water partition coefficient (Wildman–Crippen LogP) is 3.77. The lowest BCUT2D eigenvalue weighted by Crippen LogP contribution is -2.08. The Balaban J connectivity index is 2.14. The van der Waals surface area contributed by atoms with Gasteiger partial charge in [0.1, 0.15) is 0 Å². The number of non-ortho nitro benzene ring substituents is 1. The van der Waals surface area contributed by atoms with Gasteiger partial charge in [0.05, 0.1) is 11.3 Å². The molecule has 0 bridgehead atoms. The van der Waals surface area contributed by atoms with Crippen LogP contribution in [0.2, 0.25) is 0 Å². The second-order valence-electron chi connectivity index (χ2n) is 4.95. The molecule has 0 aliphatic heterocycles. The lowest BCUT2D eigenvalue weighted by Gasteiger charge is -2.17. The van der Waals surface area contributed by atoms with Crippen molar-refractivity contribution in [1.29, 1.82) is 0 Å². The quantitative estimate of drug-likeness (QED) is 0.570. The predicted molar refractivity (Wildman–Crippen MR) is 77.6 cm³/mol. The van der Waals surface area contributed by atoms with Crippen LogP contribution in [0.15, 0.2) is 43.0 Å². The van der Waals surface area contributed by atoms with E-state index in [1.807, 2.05) is 24.7 Å². The van der Waals surface area contributed by atoms with Crippen LogP contribution in [0.25, 0.3) is 0 Å². The summed E-state index contributed by atoms with van der Waals surface area (Å²) in [5.74, 6) is 0.366. The zero-order valence-electron chi connectivity index (χ0n) is 11.6. The van der Waals surface area contributed by atoms with E-state index in [4.69, 9.17) is 0 Å². The molecule has 1 aromatic carbocycles. The normalized spacial score (nSPS) is 12.2. The van der Waals surface area contributed by atoms with Crippen molar-refractivity contribution in [2.75, 3.05) is 0 Å². The van der Waals surface area contributed by atoms with E-state index >= 15 is 0 Å². The molecule has 1 unspecified atom stereocenters. The van der Waals surface area contributed by atoms with E-state index in [9.17, 15) is 10.1 Å². The summed E-state index contributed by atoms with van der Waals surface area (Å²) in [7, 11) is 0. The Hall–Kier alpha value is -2.17. The van der Waals surface area contributed by atoms with E-state index in [0.29, 0.717) is 5.92 Å². The van der Waals surface area contributed by atoms with Gasteiger partial charge in [0.25, 0.3) is 5.69 Å². The van der Waals surface area contributed by atoms with Crippen molar-refractivity contribution in [3.05, 3.63) is 58.7 Å². The number of nitrogens with zero attached hydrogens (tertiary/aromatic N) is 3. The fourth-order valence-corrected chi connectivity index (χ4v) is 2.33. The van der Waals surface area contributed by atoms with Gasteiger partial charge in [-0.25, -0.2) is 4.98 Å². The summed E-state index contributed by atoms with van der Waals surface area (Å²) in [5.41, 5.74) is 1.29. The molecule has 2 aromatic rings. The molecule has 0 amide bonds. The van der Waals surface area contributed by atoms with Crippen molar-refractivity contribution in [1.82, 2.24) is 9.55 Å². The summed E-state index contributed by atoms with van der Waals surface area (Å²) < 4.78 is 2.06. The van der Waals surface area contributed by atoms with Crippen LogP contribution < -0.4 is 0 Å². The minimum Gasteiger partial charge on any atom is -0.337 e. The van der Waals surface area contributed by atoms with Gasteiger partial charge in [-0.05, 0) is 12.0 Å². The van der Waals surface area contributed by atoms with Crippen LogP contribution in [-0.4, -0.2) is 14.5 Å². The van der Waals surface area contributed by atoms with Crippen LogP contribution in [0, 0.1) is 10.1 Å². The molecule has 1 heterocycles. The maximum Gasteiger partial charge on any atom is 0.269 e. The molecule has 0 aliphatic carbocycles. The van der Waals surface area contributed by atoms with E-state index in [1.54, 1.807) is 18.3 Å². The summed E-state index contributed by atoms with van der Waals surface area (Å²) >= 11 is 0. The Morgan fingerprint density at radius 1 is 1.35 bits per heavy atom. The molecule has 0 spiro atoms. The van der Waals surface area contributed by atoms with Crippen LogP contribution in [0.4, 0.5) is 5.69 Å². The molecule has 1 aromatic heterocycles. The number of nitro groups is 1.